The Hall–Kier alpha value is -1.04. The lowest BCUT2D eigenvalue weighted by Crippen LogP contribution is -2.33. The summed E-state index contributed by atoms with van der Waals surface area (Å²) >= 11 is 5.86. The van der Waals surface area contributed by atoms with Gasteiger partial charge in [0.15, 0.2) is 5.82 Å². The van der Waals surface area contributed by atoms with Gasteiger partial charge in [0.25, 0.3) is 0 Å². The molecule has 0 atom stereocenters. The molecule has 0 unspecified atom stereocenters. The first-order chi connectivity index (χ1) is 8.70. The summed E-state index contributed by atoms with van der Waals surface area (Å²) in [6.45, 7) is 4.67. The highest BCUT2D eigenvalue weighted by molar-refractivity contribution is 6.30. The number of nitrogens with two attached hydrogens (primary N) is 1. The van der Waals surface area contributed by atoms with Crippen LogP contribution in [0.15, 0.2) is 12.3 Å². The predicted molar refractivity (Wildman–Crippen MR) is 74.0 cm³/mol. The lowest BCUT2D eigenvalue weighted by atomic mass is 10.3. The van der Waals surface area contributed by atoms with Crippen molar-refractivity contribution in [3.63, 3.8) is 0 Å². The second kappa shape index (κ2) is 6.22. The molecule has 2 rings (SSSR count). The third kappa shape index (κ3) is 3.25. The van der Waals surface area contributed by atoms with Crippen molar-refractivity contribution in [3.8, 4) is 0 Å². The standard InChI is InChI=1S/C12H19ClN4O/c13-10-8-11(14)12(15-9-10)17-3-1-2-16(4-5-17)6-7-18/h8-9,18H,1-7,14H2. The highest BCUT2D eigenvalue weighted by Gasteiger charge is 2.17. The van der Waals surface area contributed by atoms with Gasteiger partial charge in [-0.3, -0.25) is 4.90 Å². The van der Waals surface area contributed by atoms with E-state index in [1.807, 2.05) is 0 Å². The molecule has 0 amide bonds. The largest absolute Gasteiger partial charge is 0.396 e. The van der Waals surface area contributed by atoms with Gasteiger partial charge in [0, 0.05) is 32.4 Å². The zero-order chi connectivity index (χ0) is 13.0. The van der Waals surface area contributed by atoms with Gasteiger partial charge in [0.05, 0.1) is 17.3 Å². The number of nitrogens with zero attached hydrogens (tertiary/aromatic N) is 3. The number of β-amino-alcohol motifs (C(OH)–C–C–N with tert-alkyl or cyclic N) is 1. The molecule has 1 aliphatic rings. The van der Waals surface area contributed by atoms with Crippen LogP contribution in [0.5, 0.6) is 0 Å². The number of nitrogen functional groups attached to an aromatic ring is 1. The second-order valence-electron chi connectivity index (χ2n) is 4.47. The molecule has 18 heavy (non-hydrogen) atoms. The van der Waals surface area contributed by atoms with E-state index < -0.39 is 0 Å². The average molecular weight is 271 g/mol. The van der Waals surface area contributed by atoms with Crippen molar-refractivity contribution in [1.82, 2.24) is 9.88 Å². The van der Waals surface area contributed by atoms with Crippen LogP contribution in [0, 0.1) is 0 Å². The zero-order valence-electron chi connectivity index (χ0n) is 10.3. The van der Waals surface area contributed by atoms with E-state index in [2.05, 4.69) is 14.8 Å². The minimum atomic E-state index is 0.210. The molecular weight excluding hydrogens is 252 g/mol. The van der Waals surface area contributed by atoms with Gasteiger partial charge in [-0.15, -0.1) is 0 Å². The van der Waals surface area contributed by atoms with Gasteiger partial charge in [-0.2, -0.15) is 0 Å². The Morgan fingerprint density at radius 3 is 2.89 bits per heavy atom. The Kier molecular flexibility index (Phi) is 4.63. The number of aromatic nitrogens is 1. The second-order valence-corrected chi connectivity index (χ2v) is 4.91. The number of anilines is 2. The predicted octanol–water partition coefficient (Wildman–Crippen LogP) is 0.822. The minimum absolute atomic E-state index is 0.210. The van der Waals surface area contributed by atoms with Crippen LogP contribution >= 0.6 is 11.6 Å². The van der Waals surface area contributed by atoms with E-state index in [4.69, 9.17) is 22.4 Å². The van der Waals surface area contributed by atoms with Crippen LogP contribution in [0.4, 0.5) is 11.5 Å². The SMILES string of the molecule is Nc1cc(Cl)cnc1N1CCCN(CCO)CC1. The van der Waals surface area contributed by atoms with E-state index in [1.54, 1.807) is 12.3 Å². The smallest absolute Gasteiger partial charge is 0.151 e. The van der Waals surface area contributed by atoms with E-state index in [-0.39, 0.29) is 6.61 Å². The van der Waals surface area contributed by atoms with Gasteiger partial charge in [-0.1, -0.05) is 11.6 Å². The Morgan fingerprint density at radius 1 is 1.33 bits per heavy atom. The molecule has 1 aromatic heterocycles. The maximum absolute atomic E-state index is 8.97. The van der Waals surface area contributed by atoms with Crippen LogP contribution < -0.4 is 10.6 Å². The average Bonchev–Trinajstić information content (AvgIpc) is 2.55. The lowest BCUT2D eigenvalue weighted by molar-refractivity contribution is 0.204. The van der Waals surface area contributed by atoms with Crippen LogP contribution in [0.3, 0.4) is 0 Å². The van der Waals surface area contributed by atoms with Crippen LogP contribution in [-0.2, 0) is 0 Å². The molecule has 0 saturated carbocycles. The zero-order valence-corrected chi connectivity index (χ0v) is 11.1. The van der Waals surface area contributed by atoms with Gasteiger partial charge in [0.2, 0.25) is 0 Å². The number of hydrogen-bond acceptors (Lipinski definition) is 5. The summed E-state index contributed by atoms with van der Waals surface area (Å²) in [5.41, 5.74) is 6.58. The van der Waals surface area contributed by atoms with Crippen LogP contribution in [0.25, 0.3) is 0 Å². The van der Waals surface area contributed by atoms with Crippen molar-refractivity contribution in [2.45, 2.75) is 6.42 Å². The van der Waals surface area contributed by atoms with Crippen LogP contribution in [0.2, 0.25) is 5.02 Å². The summed E-state index contributed by atoms with van der Waals surface area (Å²) in [4.78, 5) is 8.75. The highest BCUT2D eigenvalue weighted by Crippen LogP contribution is 2.24. The van der Waals surface area contributed by atoms with Gasteiger partial charge in [-0.05, 0) is 19.0 Å². The molecule has 0 spiro atoms. The van der Waals surface area contributed by atoms with Crippen molar-refractivity contribution < 1.29 is 5.11 Å². The van der Waals surface area contributed by atoms with E-state index >= 15 is 0 Å². The first-order valence-corrected chi connectivity index (χ1v) is 6.57. The lowest BCUT2D eigenvalue weighted by Gasteiger charge is -2.23. The van der Waals surface area contributed by atoms with Crippen molar-refractivity contribution in [1.29, 1.82) is 0 Å². The summed E-state index contributed by atoms with van der Waals surface area (Å²) < 4.78 is 0. The fourth-order valence-corrected chi connectivity index (χ4v) is 2.43. The Labute approximate surface area is 112 Å². The molecule has 1 fully saturated rings. The maximum atomic E-state index is 8.97. The molecule has 5 nitrogen and oxygen atoms in total. The number of hydrogen-bond donors (Lipinski definition) is 2. The molecule has 3 N–H and O–H groups in total. The normalized spacial score (nSPS) is 17.8. The topological polar surface area (TPSA) is 65.6 Å². The van der Waals surface area contributed by atoms with Crippen LogP contribution in [0.1, 0.15) is 6.42 Å². The Balaban J connectivity index is 2.05. The molecule has 1 aromatic rings. The van der Waals surface area contributed by atoms with Crippen molar-refractivity contribution in [3.05, 3.63) is 17.3 Å². The number of rotatable bonds is 3. The highest BCUT2D eigenvalue weighted by atomic mass is 35.5. The quantitative estimate of drug-likeness (QED) is 0.851. The van der Waals surface area contributed by atoms with E-state index in [1.165, 1.54) is 0 Å². The molecule has 1 aliphatic heterocycles. The van der Waals surface area contributed by atoms with Gasteiger partial charge >= 0.3 is 0 Å². The number of aliphatic hydroxyl groups is 1. The van der Waals surface area contributed by atoms with E-state index in [0.29, 0.717) is 10.7 Å². The molecule has 0 radical (unpaired) electrons. The van der Waals surface area contributed by atoms with E-state index in [0.717, 1.165) is 45.0 Å². The summed E-state index contributed by atoms with van der Waals surface area (Å²) in [5, 5.41) is 9.53. The van der Waals surface area contributed by atoms with Gasteiger partial charge in [0.1, 0.15) is 0 Å². The molecule has 1 saturated heterocycles. The third-order valence-electron chi connectivity index (χ3n) is 3.17. The van der Waals surface area contributed by atoms with Crippen molar-refractivity contribution in [2.75, 3.05) is 50.0 Å². The molecule has 0 aliphatic carbocycles. The fraction of sp³-hybridized carbons (Fsp3) is 0.583. The summed E-state index contributed by atoms with van der Waals surface area (Å²) in [6, 6.07) is 1.74. The van der Waals surface area contributed by atoms with E-state index in [9.17, 15) is 0 Å². The first-order valence-electron chi connectivity index (χ1n) is 6.20. The molecular formula is C12H19ClN4O. The molecule has 2 heterocycles. The monoisotopic (exact) mass is 270 g/mol. The minimum Gasteiger partial charge on any atom is -0.396 e. The summed E-state index contributed by atoms with van der Waals surface area (Å²) in [7, 11) is 0. The molecule has 100 valence electrons. The molecule has 6 heteroatoms. The van der Waals surface area contributed by atoms with Gasteiger partial charge in [-0.25, -0.2) is 4.98 Å². The summed E-state index contributed by atoms with van der Waals surface area (Å²) in [6.07, 6.45) is 2.67. The molecule has 0 aromatic carbocycles. The van der Waals surface area contributed by atoms with Crippen molar-refractivity contribution in [2.24, 2.45) is 0 Å². The molecule has 0 bridgehead atoms. The third-order valence-corrected chi connectivity index (χ3v) is 3.37. The van der Waals surface area contributed by atoms with Gasteiger partial charge < -0.3 is 15.7 Å². The number of halogens is 1. The first kappa shape index (κ1) is 13.4. The Bertz CT molecular complexity index is 402. The fourth-order valence-electron chi connectivity index (χ4n) is 2.26. The number of aliphatic hydroxyl groups excluding tert-OH is 1. The number of pyridine rings is 1. The van der Waals surface area contributed by atoms with Crippen molar-refractivity contribution >= 4 is 23.1 Å². The summed E-state index contributed by atoms with van der Waals surface area (Å²) in [5.74, 6) is 0.810. The maximum Gasteiger partial charge on any atom is 0.151 e. The Morgan fingerprint density at radius 2 is 2.17 bits per heavy atom. The van der Waals surface area contributed by atoms with Crippen LogP contribution in [-0.4, -0.2) is 54.3 Å².